The maximum absolute atomic E-state index is 13.8. The molecule has 0 heterocycles. The fourth-order valence-corrected chi connectivity index (χ4v) is 2.10. The molecule has 1 N–H and O–H groups in total. The van der Waals surface area contributed by atoms with Crippen LogP contribution in [0.25, 0.3) is 0 Å². The number of hydrogen-bond donors (Lipinski definition) is 1. The molecule has 22 heavy (non-hydrogen) atoms. The topological polar surface area (TPSA) is 32.7 Å². The minimum Gasteiger partial charge on any atom is -0.389 e. The van der Waals surface area contributed by atoms with Gasteiger partial charge in [-0.3, -0.25) is 4.90 Å². The second-order valence-corrected chi connectivity index (χ2v) is 5.30. The highest BCUT2D eigenvalue weighted by Gasteiger charge is 2.18. The van der Waals surface area contributed by atoms with Gasteiger partial charge in [0.15, 0.2) is 0 Å². The highest BCUT2D eigenvalue weighted by molar-refractivity contribution is 5.18. The predicted molar refractivity (Wildman–Crippen MR) is 82.2 cm³/mol. The van der Waals surface area contributed by atoms with Crippen LogP contribution in [0.2, 0.25) is 0 Å². The Labute approximate surface area is 130 Å². The van der Waals surface area contributed by atoms with Gasteiger partial charge < -0.3 is 9.84 Å². The molecular weight excluding hydrogens is 288 g/mol. The van der Waals surface area contributed by atoms with Gasteiger partial charge in [0.1, 0.15) is 18.2 Å². The molecule has 0 spiro atoms. The summed E-state index contributed by atoms with van der Waals surface area (Å²) in [6.45, 7) is 4.91. The Morgan fingerprint density at radius 3 is 2.73 bits per heavy atom. The lowest BCUT2D eigenvalue weighted by atomic mass is 10.1. The van der Waals surface area contributed by atoms with Gasteiger partial charge in [0.25, 0.3) is 0 Å². The molecule has 0 saturated carbocycles. The number of halogens is 2. The standard InChI is InChI=1S/C17H23F2NO2/c1-4-8-22-12-16(21)11-20(13(3)5-2)10-14-6-7-15(18)9-17(14)19/h1,6-7,9,13,16,21H,5,8,10-12H2,2-3H3/t13-,16-/m1/s1. The number of ether oxygens (including phenoxy) is 1. The van der Waals surface area contributed by atoms with Crippen LogP contribution >= 0.6 is 0 Å². The molecule has 3 nitrogen and oxygen atoms in total. The molecule has 1 aromatic rings. The average Bonchev–Trinajstić information content (AvgIpc) is 2.48. The van der Waals surface area contributed by atoms with Crippen molar-refractivity contribution in [1.82, 2.24) is 4.90 Å². The lowest BCUT2D eigenvalue weighted by molar-refractivity contribution is 0.0167. The van der Waals surface area contributed by atoms with Crippen molar-refractivity contribution in [2.45, 2.75) is 39.0 Å². The van der Waals surface area contributed by atoms with Crippen LogP contribution in [0.1, 0.15) is 25.8 Å². The highest BCUT2D eigenvalue weighted by Crippen LogP contribution is 2.15. The van der Waals surface area contributed by atoms with E-state index < -0.39 is 17.7 Å². The summed E-state index contributed by atoms with van der Waals surface area (Å²) in [6.07, 6.45) is 5.21. The van der Waals surface area contributed by atoms with Crippen LogP contribution in [0.5, 0.6) is 0 Å². The van der Waals surface area contributed by atoms with Crippen LogP contribution in [-0.2, 0) is 11.3 Å². The maximum atomic E-state index is 13.8. The number of rotatable bonds is 9. The largest absolute Gasteiger partial charge is 0.389 e. The summed E-state index contributed by atoms with van der Waals surface area (Å²) in [6, 6.07) is 3.68. The van der Waals surface area contributed by atoms with Gasteiger partial charge in [-0.25, -0.2) is 8.78 Å². The zero-order valence-corrected chi connectivity index (χ0v) is 13.1. The molecular formula is C17H23F2NO2. The summed E-state index contributed by atoms with van der Waals surface area (Å²) >= 11 is 0. The fourth-order valence-electron chi connectivity index (χ4n) is 2.10. The van der Waals surface area contributed by atoms with Crippen LogP contribution in [0.4, 0.5) is 8.78 Å². The summed E-state index contributed by atoms with van der Waals surface area (Å²) in [5, 5.41) is 9.99. The number of nitrogens with zero attached hydrogens (tertiary/aromatic N) is 1. The zero-order chi connectivity index (χ0) is 16.5. The molecule has 0 aliphatic rings. The molecule has 0 radical (unpaired) electrons. The molecule has 0 aliphatic heterocycles. The first kappa shape index (κ1) is 18.6. The number of aliphatic hydroxyl groups excluding tert-OH is 1. The van der Waals surface area contributed by atoms with Gasteiger partial charge in [-0.2, -0.15) is 0 Å². The molecule has 0 amide bonds. The molecule has 0 aliphatic carbocycles. The first-order valence-corrected chi connectivity index (χ1v) is 7.35. The Kier molecular flexibility index (Phi) is 8.03. The summed E-state index contributed by atoms with van der Waals surface area (Å²) in [5.74, 6) is 1.16. The molecule has 0 aromatic heterocycles. The third-order valence-electron chi connectivity index (χ3n) is 3.54. The van der Waals surface area contributed by atoms with E-state index in [1.807, 2.05) is 18.7 Å². The van der Waals surface area contributed by atoms with Crippen LogP contribution in [-0.4, -0.2) is 41.9 Å². The van der Waals surface area contributed by atoms with Crippen LogP contribution in [0.15, 0.2) is 18.2 Å². The molecule has 1 aromatic carbocycles. The molecule has 5 heteroatoms. The Morgan fingerprint density at radius 1 is 1.41 bits per heavy atom. The lowest BCUT2D eigenvalue weighted by Gasteiger charge is -2.30. The fraction of sp³-hybridized carbons (Fsp3) is 0.529. The van der Waals surface area contributed by atoms with Gasteiger partial charge >= 0.3 is 0 Å². The van der Waals surface area contributed by atoms with Crippen molar-refractivity contribution in [3.05, 3.63) is 35.4 Å². The Bertz CT molecular complexity index is 502. The normalized spacial score (nSPS) is 13.9. The van der Waals surface area contributed by atoms with E-state index in [4.69, 9.17) is 11.2 Å². The highest BCUT2D eigenvalue weighted by atomic mass is 19.1. The van der Waals surface area contributed by atoms with Crippen molar-refractivity contribution in [2.24, 2.45) is 0 Å². The van der Waals surface area contributed by atoms with Crippen molar-refractivity contribution < 1.29 is 18.6 Å². The minimum absolute atomic E-state index is 0.128. The number of benzene rings is 1. The first-order valence-electron chi connectivity index (χ1n) is 7.35. The second-order valence-electron chi connectivity index (χ2n) is 5.30. The van der Waals surface area contributed by atoms with Gasteiger partial charge in [0.05, 0.1) is 12.7 Å². The van der Waals surface area contributed by atoms with E-state index in [0.717, 1.165) is 12.5 Å². The molecule has 0 bridgehead atoms. The monoisotopic (exact) mass is 311 g/mol. The average molecular weight is 311 g/mol. The number of terminal acetylenes is 1. The quantitative estimate of drug-likeness (QED) is 0.562. The molecule has 1 rings (SSSR count). The van der Waals surface area contributed by atoms with E-state index in [9.17, 15) is 13.9 Å². The summed E-state index contributed by atoms with van der Waals surface area (Å²) in [4.78, 5) is 1.94. The van der Waals surface area contributed by atoms with Crippen molar-refractivity contribution in [2.75, 3.05) is 19.8 Å². The van der Waals surface area contributed by atoms with E-state index in [-0.39, 0.29) is 19.3 Å². The van der Waals surface area contributed by atoms with Gasteiger partial charge in [0, 0.05) is 30.8 Å². The smallest absolute Gasteiger partial charge is 0.130 e. The summed E-state index contributed by atoms with van der Waals surface area (Å²) < 4.78 is 31.9. The third-order valence-corrected chi connectivity index (χ3v) is 3.54. The van der Waals surface area contributed by atoms with Gasteiger partial charge in [0.2, 0.25) is 0 Å². The van der Waals surface area contributed by atoms with Crippen molar-refractivity contribution in [1.29, 1.82) is 0 Å². The van der Waals surface area contributed by atoms with Gasteiger partial charge in [-0.15, -0.1) is 6.42 Å². The molecule has 2 atom stereocenters. The van der Waals surface area contributed by atoms with Crippen LogP contribution in [0, 0.1) is 24.0 Å². The third kappa shape index (κ3) is 6.10. The minimum atomic E-state index is -0.717. The lowest BCUT2D eigenvalue weighted by Crippen LogP contribution is -2.40. The SMILES string of the molecule is C#CCOC[C@H](O)CN(Cc1ccc(F)cc1F)[C@H](C)CC. The number of hydrogen-bond acceptors (Lipinski definition) is 3. The Balaban J connectivity index is 2.70. The molecule has 0 saturated heterocycles. The Morgan fingerprint density at radius 2 is 2.14 bits per heavy atom. The zero-order valence-electron chi connectivity index (χ0n) is 13.1. The summed E-state index contributed by atoms with van der Waals surface area (Å²) in [7, 11) is 0. The van der Waals surface area contributed by atoms with E-state index in [2.05, 4.69) is 5.92 Å². The van der Waals surface area contributed by atoms with E-state index in [0.29, 0.717) is 18.7 Å². The molecule has 0 fully saturated rings. The van der Waals surface area contributed by atoms with E-state index >= 15 is 0 Å². The maximum Gasteiger partial charge on any atom is 0.130 e. The van der Waals surface area contributed by atoms with Crippen molar-refractivity contribution in [3.8, 4) is 12.3 Å². The van der Waals surface area contributed by atoms with Gasteiger partial charge in [-0.1, -0.05) is 18.9 Å². The van der Waals surface area contributed by atoms with E-state index in [1.165, 1.54) is 12.1 Å². The number of aliphatic hydroxyl groups is 1. The van der Waals surface area contributed by atoms with Crippen LogP contribution < -0.4 is 0 Å². The first-order chi connectivity index (χ1) is 10.5. The second kappa shape index (κ2) is 9.52. The van der Waals surface area contributed by atoms with Gasteiger partial charge in [-0.05, 0) is 19.4 Å². The summed E-state index contributed by atoms with van der Waals surface area (Å²) in [5.41, 5.74) is 0.401. The van der Waals surface area contributed by atoms with Crippen LogP contribution in [0.3, 0.4) is 0 Å². The van der Waals surface area contributed by atoms with Crippen molar-refractivity contribution in [3.63, 3.8) is 0 Å². The van der Waals surface area contributed by atoms with Crippen molar-refractivity contribution >= 4 is 0 Å². The molecule has 0 unspecified atom stereocenters. The van der Waals surface area contributed by atoms with E-state index in [1.54, 1.807) is 0 Å². The molecule has 122 valence electrons. The Hall–Kier alpha value is -1.48. The predicted octanol–water partition coefficient (Wildman–Crippen LogP) is 2.58.